The zero-order valence-corrected chi connectivity index (χ0v) is 15.7. The maximum Gasteiger partial charge on any atom is 0.254 e. The van der Waals surface area contributed by atoms with Crippen molar-refractivity contribution < 1.29 is 9.59 Å². The lowest BCUT2D eigenvalue weighted by atomic mass is 9.87. The van der Waals surface area contributed by atoms with Crippen LogP contribution in [0, 0.1) is 19.8 Å². The highest BCUT2D eigenvalue weighted by molar-refractivity contribution is 5.98. The molecule has 0 saturated heterocycles. The molecule has 140 valence electrons. The Hall–Kier alpha value is -2.44. The number of fused-ring (bicyclic) bond motifs is 1. The van der Waals surface area contributed by atoms with Gasteiger partial charge in [-0.1, -0.05) is 19.8 Å². The zero-order chi connectivity index (χ0) is 18.8. The summed E-state index contributed by atoms with van der Waals surface area (Å²) in [6.07, 6.45) is 7.05. The van der Waals surface area contributed by atoms with Crippen LogP contribution in [0.15, 0.2) is 6.20 Å². The molecule has 0 bridgehead atoms. The maximum absolute atomic E-state index is 12.4. The highest BCUT2D eigenvalue weighted by Crippen LogP contribution is 2.24. The predicted octanol–water partition coefficient (Wildman–Crippen LogP) is 2.07. The Bertz CT molecular complexity index is 842. The molecule has 2 aromatic heterocycles. The second-order valence-electron chi connectivity index (χ2n) is 7.46. The number of nitrogens with two attached hydrogens (primary N) is 1. The van der Waals surface area contributed by atoms with Crippen LogP contribution in [0.25, 0.3) is 5.65 Å². The number of hydrogen-bond acceptors (Lipinski definition) is 4. The van der Waals surface area contributed by atoms with Gasteiger partial charge in [0.25, 0.3) is 5.91 Å². The molecule has 1 fully saturated rings. The summed E-state index contributed by atoms with van der Waals surface area (Å²) < 4.78 is 1.63. The molecule has 2 heterocycles. The van der Waals surface area contributed by atoms with E-state index in [0.29, 0.717) is 36.0 Å². The van der Waals surface area contributed by atoms with Gasteiger partial charge in [0.2, 0.25) is 5.91 Å². The summed E-state index contributed by atoms with van der Waals surface area (Å²) in [4.78, 5) is 28.3. The Kier molecular flexibility index (Phi) is 5.25. The first-order valence-corrected chi connectivity index (χ1v) is 9.29. The highest BCUT2D eigenvalue weighted by atomic mass is 16.2. The molecule has 7 nitrogen and oxygen atoms in total. The molecule has 1 aliphatic rings. The van der Waals surface area contributed by atoms with Crippen LogP contribution in [0.1, 0.15) is 66.3 Å². The van der Waals surface area contributed by atoms with Crippen molar-refractivity contribution in [3.8, 4) is 0 Å². The number of aryl methyl sites for hydroxylation is 2. The fourth-order valence-corrected chi connectivity index (χ4v) is 3.95. The van der Waals surface area contributed by atoms with Crippen LogP contribution in [0.2, 0.25) is 0 Å². The van der Waals surface area contributed by atoms with Crippen molar-refractivity contribution in [3.05, 3.63) is 28.7 Å². The van der Waals surface area contributed by atoms with Crippen LogP contribution in [0.4, 0.5) is 0 Å². The second-order valence-corrected chi connectivity index (χ2v) is 7.46. The average Bonchev–Trinajstić information content (AvgIpc) is 2.98. The molecule has 3 N–H and O–H groups in total. The van der Waals surface area contributed by atoms with Crippen molar-refractivity contribution in [2.24, 2.45) is 11.7 Å². The standard InChI is InChI=1S/C19H27N5O2/c1-11-5-4-6-14(9-11)23-17(25)8-7-15-12(2)22-19-16(18(20)26)10-21-24(19)13(15)3/h10-11,14H,4-9H2,1-3H3,(H2,20,26)(H,23,25). The largest absolute Gasteiger partial charge is 0.365 e. The molecule has 2 amide bonds. The van der Waals surface area contributed by atoms with Crippen LogP contribution >= 0.6 is 0 Å². The van der Waals surface area contributed by atoms with Gasteiger partial charge in [-0.3, -0.25) is 9.59 Å². The van der Waals surface area contributed by atoms with E-state index in [-0.39, 0.29) is 5.91 Å². The summed E-state index contributed by atoms with van der Waals surface area (Å²) in [6.45, 7) is 6.06. The summed E-state index contributed by atoms with van der Waals surface area (Å²) in [5.41, 5.74) is 8.84. The van der Waals surface area contributed by atoms with Gasteiger partial charge < -0.3 is 11.1 Å². The number of amides is 2. The van der Waals surface area contributed by atoms with E-state index in [0.717, 1.165) is 29.8 Å². The average molecular weight is 357 g/mol. The fraction of sp³-hybridized carbons (Fsp3) is 0.579. The van der Waals surface area contributed by atoms with Crippen LogP contribution in [-0.4, -0.2) is 32.5 Å². The smallest absolute Gasteiger partial charge is 0.254 e. The monoisotopic (exact) mass is 357 g/mol. The van der Waals surface area contributed by atoms with Crippen LogP contribution in [0.3, 0.4) is 0 Å². The molecule has 1 aliphatic carbocycles. The molecule has 2 atom stereocenters. The minimum atomic E-state index is -0.542. The summed E-state index contributed by atoms with van der Waals surface area (Å²) in [5, 5.41) is 7.39. The van der Waals surface area contributed by atoms with E-state index in [2.05, 4.69) is 22.3 Å². The number of nitrogens with one attached hydrogen (secondary N) is 1. The van der Waals surface area contributed by atoms with Gasteiger partial charge in [-0.2, -0.15) is 5.10 Å². The van der Waals surface area contributed by atoms with E-state index in [4.69, 9.17) is 5.73 Å². The maximum atomic E-state index is 12.4. The van der Waals surface area contributed by atoms with E-state index in [1.165, 1.54) is 19.0 Å². The number of primary amides is 1. The van der Waals surface area contributed by atoms with E-state index in [1.54, 1.807) is 4.52 Å². The molecular weight excluding hydrogens is 330 g/mol. The molecule has 26 heavy (non-hydrogen) atoms. The normalized spacial score (nSPS) is 20.3. The first kappa shape index (κ1) is 18.4. The lowest BCUT2D eigenvalue weighted by Gasteiger charge is -2.27. The minimum absolute atomic E-state index is 0.0845. The van der Waals surface area contributed by atoms with E-state index in [9.17, 15) is 9.59 Å². The number of rotatable bonds is 5. The molecule has 2 unspecified atom stereocenters. The van der Waals surface area contributed by atoms with Crippen LogP contribution < -0.4 is 11.1 Å². The van der Waals surface area contributed by atoms with Gasteiger partial charge in [-0.25, -0.2) is 9.50 Å². The molecule has 0 aromatic carbocycles. The van der Waals surface area contributed by atoms with Gasteiger partial charge in [-0.05, 0) is 44.6 Å². The topological polar surface area (TPSA) is 102 Å². The van der Waals surface area contributed by atoms with Crippen molar-refractivity contribution in [2.75, 3.05) is 0 Å². The Morgan fingerprint density at radius 3 is 2.81 bits per heavy atom. The van der Waals surface area contributed by atoms with Gasteiger partial charge >= 0.3 is 0 Å². The lowest BCUT2D eigenvalue weighted by Crippen LogP contribution is -2.38. The SMILES string of the molecule is Cc1nc2c(C(N)=O)cnn2c(C)c1CCC(=O)NC1CCCC(C)C1. The first-order chi connectivity index (χ1) is 12.4. The van der Waals surface area contributed by atoms with Crippen molar-refractivity contribution in [1.29, 1.82) is 0 Å². The molecule has 7 heteroatoms. The fourth-order valence-electron chi connectivity index (χ4n) is 3.95. The van der Waals surface area contributed by atoms with Gasteiger partial charge in [0.15, 0.2) is 5.65 Å². The van der Waals surface area contributed by atoms with Crippen molar-refractivity contribution >= 4 is 17.5 Å². The van der Waals surface area contributed by atoms with E-state index >= 15 is 0 Å². The molecular formula is C19H27N5O2. The zero-order valence-electron chi connectivity index (χ0n) is 15.7. The van der Waals surface area contributed by atoms with Crippen LogP contribution in [0.5, 0.6) is 0 Å². The number of aromatic nitrogens is 3. The molecule has 0 radical (unpaired) electrons. The first-order valence-electron chi connectivity index (χ1n) is 9.29. The predicted molar refractivity (Wildman–Crippen MR) is 98.9 cm³/mol. The number of carbonyl (C=O) groups excluding carboxylic acids is 2. The Labute approximate surface area is 153 Å². The molecule has 0 spiro atoms. The quantitative estimate of drug-likeness (QED) is 0.855. The third-order valence-electron chi connectivity index (χ3n) is 5.38. The van der Waals surface area contributed by atoms with Gasteiger partial charge in [0.1, 0.15) is 5.56 Å². The Morgan fingerprint density at radius 1 is 1.35 bits per heavy atom. The number of hydrogen-bond donors (Lipinski definition) is 2. The summed E-state index contributed by atoms with van der Waals surface area (Å²) in [7, 11) is 0. The number of carbonyl (C=O) groups is 2. The molecule has 1 saturated carbocycles. The summed E-state index contributed by atoms with van der Waals surface area (Å²) in [6, 6.07) is 0.304. The second kappa shape index (κ2) is 7.43. The van der Waals surface area contributed by atoms with Crippen molar-refractivity contribution in [3.63, 3.8) is 0 Å². The Morgan fingerprint density at radius 2 is 2.12 bits per heavy atom. The van der Waals surface area contributed by atoms with Gasteiger partial charge in [0, 0.05) is 23.9 Å². The van der Waals surface area contributed by atoms with Crippen molar-refractivity contribution in [2.45, 2.75) is 65.3 Å². The van der Waals surface area contributed by atoms with Gasteiger partial charge in [0.05, 0.1) is 6.20 Å². The highest BCUT2D eigenvalue weighted by Gasteiger charge is 2.21. The molecule has 3 rings (SSSR count). The van der Waals surface area contributed by atoms with E-state index < -0.39 is 5.91 Å². The third-order valence-corrected chi connectivity index (χ3v) is 5.38. The molecule has 2 aromatic rings. The van der Waals surface area contributed by atoms with Crippen LogP contribution in [-0.2, 0) is 11.2 Å². The third kappa shape index (κ3) is 3.71. The van der Waals surface area contributed by atoms with Gasteiger partial charge in [-0.15, -0.1) is 0 Å². The molecule has 0 aliphatic heterocycles. The lowest BCUT2D eigenvalue weighted by molar-refractivity contribution is -0.122. The van der Waals surface area contributed by atoms with Crippen molar-refractivity contribution in [1.82, 2.24) is 19.9 Å². The Balaban J connectivity index is 1.70. The minimum Gasteiger partial charge on any atom is -0.365 e. The summed E-state index contributed by atoms with van der Waals surface area (Å²) in [5.74, 6) is 0.228. The van der Waals surface area contributed by atoms with E-state index in [1.807, 2.05) is 13.8 Å². The number of nitrogens with zero attached hydrogens (tertiary/aromatic N) is 3. The summed E-state index contributed by atoms with van der Waals surface area (Å²) >= 11 is 0.